The largest absolute Gasteiger partial charge is 0.389 e. The molecule has 4 atom stereocenters. The van der Waals surface area contributed by atoms with E-state index in [-0.39, 0.29) is 12.8 Å². The first-order chi connectivity index (χ1) is 11.4. The van der Waals surface area contributed by atoms with Crippen LogP contribution < -0.4 is 0 Å². The summed E-state index contributed by atoms with van der Waals surface area (Å²) in [7, 11) is 0. The molecule has 140 valence electrons. The van der Waals surface area contributed by atoms with Crippen molar-refractivity contribution >= 4 is 17.3 Å². The van der Waals surface area contributed by atoms with Crippen LogP contribution >= 0.6 is 0 Å². The van der Waals surface area contributed by atoms with Gasteiger partial charge in [0.15, 0.2) is 23.0 Å². The number of hydrogen-bond acceptors (Lipinski definition) is 5. The Morgan fingerprint density at radius 3 is 2.08 bits per heavy atom. The van der Waals surface area contributed by atoms with Crippen molar-refractivity contribution in [2.24, 2.45) is 17.8 Å². The molecule has 0 saturated heterocycles. The molecule has 0 amide bonds. The monoisotopic (exact) mass is 350 g/mol. The molecule has 4 unspecified atom stereocenters. The summed E-state index contributed by atoms with van der Waals surface area (Å²) in [6.45, 7) is 10.6. The normalized spacial score (nSPS) is 27.4. The van der Waals surface area contributed by atoms with Gasteiger partial charge in [-0.2, -0.15) is 0 Å². The third kappa shape index (κ3) is 4.33. The first kappa shape index (κ1) is 21.5. The fourth-order valence-electron chi connectivity index (χ4n) is 3.13. The maximum Gasteiger partial charge on any atom is 0.185 e. The van der Waals surface area contributed by atoms with Crippen LogP contribution in [0.25, 0.3) is 0 Å². The van der Waals surface area contributed by atoms with Gasteiger partial charge in [0.1, 0.15) is 5.92 Å². The van der Waals surface area contributed by atoms with Gasteiger partial charge in [0.25, 0.3) is 0 Å². The van der Waals surface area contributed by atoms with Crippen molar-refractivity contribution in [3.63, 3.8) is 0 Å². The van der Waals surface area contributed by atoms with E-state index in [1.165, 1.54) is 0 Å². The van der Waals surface area contributed by atoms with E-state index in [1.54, 1.807) is 26.0 Å². The van der Waals surface area contributed by atoms with E-state index in [9.17, 15) is 24.6 Å². The van der Waals surface area contributed by atoms with Gasteiger partial charge in [-0.3, -0.25) is 14.4 Å². The number of allylic oxidation sites excluding steroid dienone is 3. The van der Waals surface area contributed by atoms with Crippen LogP contribution in [0.1, 0.15) is 54.4 Å². The SMILES string of the molecule is CC(C)=CCC(O)C1(O)C(=O)C(C(=O)C(C)C)C(=O)C1CC=C(C)C. The van der Waals surface area contributed by atoms with Crippen molar-refractivity contribution in [3.05, 3.63) is 23.3 Å². The molecule has 0 radical (unpaired) electrons. The van der Waals surface area contributed by atoms with E-state index >= 15 is 0 Å². The minimum absolute atomic E-state index is 0.0474. The zero-order valence-corrected chi connectivity index (χ0v) is 16.0. The number of rotatable bonds is 7. The smallest absolute Gasteiger partial charge is 0.185 e. The zero-order chi connectivity index (χ0) is 19.5. The molecular formula is C20H30O5. The first-order valence-electron chi connectivity index (χ1n) is 8.73. The molecular weight excluding hydrogens is 320 g/mol. The lowest BCUT2D eigenvalue weighted by Crippen LogP contribution is -2.52. The summed E-state index contributed by atoms with van der Waals surface area (Å²) in [5.41, 5.74) is -0.375. The van der Waals surface area contributed by atoms with Gasteiger partial charge in [-0.05, 0) is 40.5 Å². The Labute approximate surface area is 149 Å². The highest BCUT2D eigenvalue weighted by molar-refractivity contribution is 6.27. The van der Waals surface area contributed by atoms with Crippen LogP contribution in [0.15, 0.2) is 23.3 Å². The summed E-state index contributed by atoms with van der Waals surface area (Å²) in [6, 6.07) is 0. The quantitative estimate of drug-likeness (QED) is 0.543. The number of Topliss-reactive ketones (excluding diaryl/α,β-unsaturated/α-hetero) is 3. The number of ketones is 3. The Kier molecular flexibility index (Phi) is 7.03. The number of carbonyl (C=O) groups is 3. The Morgan fingerprint density at radius 1 is 1.12 bits per heavy atom. The van der Waals surface area contributed by atoms with Crippen molar-refractivity contribution in [2.75, 3.05) is 0 Å². The van der Waals surface area contributed by atoms with Crippen LogP contribution in [0.5, 0.6) is 0 Å². The molecule has 1 aliphatic rings. The second-order valence-corrected chi connectivity index (χ2v) is 7.68. The second kappa shape index (κ2) is 8.19. The van der Waals surface area contributed by atoms with Crippen LogP contribution in [-0.4, -0.2) is 39.3 Å². The summed E-state index contributed by atoms with van der Waals surface area (Å²) < 4.78 is 0. The summed E-state index contributed by atoms with van der Waals surface area (Å²) in [5.74, 6) is -5.04. The van der Waals surface area contributed by atoms with Gasteiger partial charge in [0.05, 0.1) is 12.0 Å². The van der Waals surface area contributed by atoms with Crippen molar-refractivity contribution in [2.45, 2.75) is 66.1 Å². The Balaban J connectivity index is 3.34. The van der Waals surface area contributed by atoms with Gasteiger partial charge in [0.2, 0.25) is 0 Å². The molecule has 25 heavy (non-hydrogen) atoms. The van der Waals surface area contributed by atoms with Gasteiger partial charge >= 0.3 is 0 Å². The van der Waals surface area contributed by atoms with Crippen molar-refractivity contribution in [1.29, 1.82) is 0 Å². The van der Waals surface area contributed by atoms with Gasteiger partial charge in [0, 0.05) is 5.92 Å². The summed E-state index contributed by atoms with van der Waals surface area (Å²) in [4.78, 5) is 38.0. The lowest BCUT2D eigenvalue weighted by Gasteiger charge is -2.31. The van der Waals surface area contributed by atoms with Crippen LogP contribution in [0.3, 0.4) is 0 Å². The van der Waals surface area contributed by atoms with Crippen LogP contribution in [0, 0.1) is 17.8 Å². The van der Waals surface area contributed by atoms with Gasteiger partial charge in [-0.15, -0.1) is 0 Å². The molecule has 1 aliphatic carbocycles. The van der Waals surface area contributed by atoms with Crippen LogP contribution in [-0.2, 0) is 14.4 Å². The van der Waals surface area contributed by atoms with E-state index in [2.05, 4.69) is 0 Å². The Morgan fingerprint density at radius 2 is 1.64 bits per heavy atom. The molecule has 1 saturated carbocycles. The summed E-state index contributed by atoms with van der Waals surface area (Å²) in [5, 5.41) is 21.6. The maximum absolute atomic E-state index is 12.8. The van der Waals surface area contributed by atoms with Gasteiger partial charge < -0.3 is 10.2 Å². The van der Waals surface area contributed by atoms with Crippen molar-refractivity contribution in [1.82, 2.24) is 0 Å². The van der Waals surface area contributed by atoms with Gasteiger partial charge in [-0.25, -0.2) is 0 Å². The molecule has 5 nitrogen and oxygen atoms in total. The maximum atomic E-state index is 12.8. The molecule has 0 aromatic heterocycles. The average molecular weight is 350 g/mol. The lowest BCUT2D eigenvalue weighted by molar-refractivity contribution is -0.155. The molecule has 2 N–H and O–H groups in total. The van der Waals surface area contributed by atoms with Crippen molar-refractivity contribution in [3.8, 4) is 0 Å². The van der Waals surface area contributed by atoms with E-state index in [0.29, 0.717) is 0 Å². The van der Waals surface area contributed by atoms with Crippen molar-refractivity contribution < 1.29 is 24.6 Å². The molecule has 0 bridgehead atoms. The van der Waals surface area contributed by atoms with Crippen LogP contribution in [0.4, 0.5) is 0 Å². The average Bonchev–Trinajstić information content (AvgIpc) is 2.69. The fourth-order valence-corrected chi connectivity index (χ4v) is 3.13. The van der Waals surface area contributed by atoms with Crippen LogP contribution in [0.2, 0.25) is 0 Å². The lowest BCUT2D eigenvalue weighted by atomic mass is 9.80. The molecule has 0 spiro atoms. The number of aliphatic hydroxyl groups is 2. The third-order valence-corrected chi connectivity index (χ3v) is 4.69. The molecule has 0 aliphatic heterocycles. The summed E-state index contributed by atoms with van der Waals surface area (Å²) >= 11 is 0. The second-order valence-electron chi connectivity index (χ2n) is 7.68. The minimum atomic E-state index is -2.23. The zero-order valence-electron chi connectivity index (χ0n) is 16.0. The number of aliphatic hydroxyl groups excluding tert-OH is 1. The highest BCUT2D eigenvalue weighted by Crippen LogP contribution is 2.41. The molecule has 1 rings (SSSR count). The van der Waals surface area contributed by atoms with E-state index in [1.807, 2.05) is 27.7 Å². The highest BCUT2D eigenvalue weighted by atomic mass is 16.4. The molecule has 1 fully saturated rings. The first-order valence-corrected chi connectivity index (χ1v) is 8.73. The van der Waals surface area contributed by atoms with E-state index < -0.39 is 46.8 Å². The third-order valence-electron chi connectivity index (χ3n) is 4.69. The predicted octanol–water partition coefficient (Wildman–Crippen LogP) is 2.40. The Hall–Kier alpha value is -1.59. The topological polar surface area (TPSA) is 91.7 Å². The highest BCUT2D eigenvalue weighted by Gasteiger charge is 2.63. The molecule has 5 heteroatoms. The number of hydrogen-bond donors (Lipinski definition) is 2. The molecule has 0 heterocycles. The minimum Gasteiger partial charge on any atom is -0.389 e. The van der Waals surface area contributed by atoms with E-state index in [0.717, 1.165) is 11.1 Å². The van der Waals surface area contributed by atoms with E-state index in [4.69, 9.17) is 0 Å². The standard InChI is InChI=1S/C20H30O5/c1-11(2)7-9-14-18(23)16(17(22)13(5)6)19(24)20(14,25)15(21)10-8-12(3)4/h7-8,13-16,21,25H,9-10H2,1-6H3. The molecule has 0 aromatic carbocycles. The fraction of sp³-hybridized carbons (Fsp3) is 0.650. The van der Waals surface area contributed by atoms with Gasteiger partial charge in [-0.1, -0.05) is 37.1 Å². The predicted molar refractivity (Wildman–Crippen MR) is 95.9 cm³/mol. The molecule has 0 aromatic rings. The Bertz CT molecular complexity index is 606. The summed E-state index contributed by atoms with van der Waals surface area (Å²) in [6.07, 6.45) is 2.19. The number of carbonyl (C=O) groups excluding carboxylic acids is 3.